The fraction of sp³-hybridized carbons (Fsp3) is 0.350. The predicted octanol–water partition coefficient (Wildman–Crippen LogP) is 3.23. The van der Waals surface area contributed by atoms with Crippen LogP contribution in [0.3, 0.4) is 0 Å². The number of halogens is 1. The minimum atomic E-state index is -0.505. The molecule has 2 heterocycles. The van der Waals surface area contributed by atoms with Gasteiger partial charge >= 0.3 is 0 Å². The Morgan fingerprint density at radius 2 is 2.21 bits per heavy atom. The minimum Gasteiger partial charge on any atom is -0.322 e. The zero-order valence-corrected chi connectivity index (χ0v) is 16.7. The molecule has 0 saturated carbocycles. The first-order valence-electron chi connectivity index (χ1n) is 9.31. The molecule has 2 atom stereocenters. The zero-order chi connectivity index (χ0) is 20.1. The topological polar surface area (TPSA) is 88.1 Å². The van der Waals surface area contributed by atoms with Gasteiger partial charge in [0.25, 0.3) is 0 Å². The van der Waals surface area contributed by atoms with Crippen LogP contribution in [0.15, 0.2) is 36.4 Å². The van der Waals surface area contributed by atoms with Gasteiger partial charge in [0.15, 0.2) is 6.29 Å². The van der Waals surface area contributed by atoms with E-state index in [9.17, 15) is 9.59 Å². The van der Waals surface area contributed by atoms with Crippen molar-refractivity contribution in [2.75, 3.05) is 5.32 Å². The van der Waals surface area contributed by atoms with Gasteiger partial charge in [0.1, 0.15) is 5.82 Å². The Morgan fingerprint density at radius 1 is 1.43 bits per heavy atom. The van der Waals surface area contributed by atoms with Crippen LogP contribution in [0, 0.1) is 6.92 Å². The molecule has 1 fully saturated rings. The van der Waals surface area contributed by atoms with Gasteiger partial charge in [0.05, 0.1) is 5.69 Å². The highest BCUT2D eigenvalue weighted by Crippen LogP contribution is 2.19. The van der Waals surface area contributed by atoms with E-state index in [4.69, 9.17) is 11.6 Å². The number of anilines is 1. The summed E-state index contributed by atoms with van der Waals surface area (Å²) in [4.78, 5) is 24.4. The molecular weight excluding hydrogens is 378 g/mol. The number of carbonyl (C=O) groups is 2. The Labute approximate surface area is 169 Å². The SMILES string of the molecule is CCCC1CC(=O)NC(n2nc(C)cc2NC(=O)/C=C/c2ccccc2Cl)N1. The number of nitrogens with one attached hydrogen (secondary N) is 3. The second kappa shape index (κ2) is 9.03. The molecule has 148 valence electrons. The van der Waals surface area contributed by atoms with Crippen molar-refractivity contribution in [2.45, 2.75) is 45.4 Å². The van der Waals surface area contributed by atoms with E-state index in [-0.39, 0.29) is 17.9 Å². The van der Waals surface area contributed by atoms with Gasteiger partial charge < -0.3 is 10.6 Å². The number of amides is 2. The van der Waals surface area contributed by atoms with Crippen molar-refractivity contribution < 1.29 is 9.59 Å². The third-order valence-electron chi connectivity index (χ3n) is 4.43. The maximum absolute atomic E-state index is 12.4. The van der Waals surface area contributed by atoms with Crippen LogP contribution in [0.1, 0.15) is 43.7 Å². The third-order valence-corrected chi connectivity index (χ3v) is 4.78. The molecule has 7 nitrogen and oxygen atoms in total. The van der Waals surface area contributed by atoms with Gasteiger partial charge in [-0.05, 0) is 31.1 Å². The Morgan fingerprint density at radius 3 is 2.96 bits per heavy atom. The van der Waals surface area contributed by atoms with Gasteiger partial charge in [-0.15, -0.1) is 0 Å². The first kappa shape index (κ1) is 20.1. The molecule has 3 N–H and O–H groups in total. The van der Waals surface area contributed by atoms with Gasteiger partial charge in [-0.2, -0.15) is 5.10 Å². The summed E-state index contributed by atoms with van der Waals surface area (Å²) in [6, 6.07) is 9.12. The molecule has 1 aromatic heterocycles. The molecule has 8 heteroatoms. The highest BCUT2D eigenvalue weighted by Gasteiger charge is 2.28. The van der Waals surface area contributed by atoms with Crippen molar-refractivity contribution in [3.05, 3.63) is 52.7 Å². The van der Waals surface area contributed by atoms with Gasteiger partial charge in [0.2, 0.25) is 11.8 Å². The van der Waals surface area contributed by atoms with Crippen LogP contribution in [0.5, 0.6) is 0 Å². The smallest absolute Gasteiger partial charge is 0.249 e. The number of aromatic nitrogens is 2. The summed E-state index contributed by atoms with van der Waals surface area (Å²) < 4.78 is 1.59. The van der Waals surface area contributed by atoms with Crippen molar-refractivity contribution in [3.63, 3.8) is 0 Å². The van der Waals surface area contributed by atoms with Crippen molar-refractivity contribution in [1.29, 1.82) is 0 Å². The van der Waals surface area contributed by atoms with E-state index in [1.165, 1.54) is 6.08 Å². The minimum absolute atomic E-state index is 0.0359. The summed E-state index contributed by atoms with van der Waals surface area (Å²) in [7, 11) is 0. The molecule has 1 aliphatic rings. The van der Waals surface area contributed by atoms with E-state index in [1.54, 1.807) is 22.9 Å². The highest BCUT2D eigenvalue weighted by atomic mass is 35.5. The van der Waals surface area contributed by atoms with Crippen LogP contribution in [-0.4, -0.2) is 27.6 Å². The molecule has 0 bridgehead atoms. The molecule has 2 amide bonds. The molecular formula is C20H24ClN5O2. The second-order valence-corrected chi connectivity index (χ2v) is 7.19. The van der Waals surface area contributed by atoms with E-state index >= 15 is 0 Å². The summed E-state index contributed by atoms with van der Waals surface area (Å²) in [6.45, 7) is 3.91. The Balaban J connectivity index is 1.74. The lowest BCUT2D eigenvalue weighted by Crippen LogP contribution is -2.53. The first-order valence-corrected chi connectivity index (χ1v) is 9.69. The van der Waals surface area contributed by atoms with Crippen molar-refractivity contribution in [1.82, 2.24) is 20.4 Å². The Bertz CT molecular complexity index is 892. The molecule has 1 saturated heterocycles. The Kier molecular flexibility index (Phi) is 6.49. The molecule has 28 heavy (non-hydrogen) atoms. The standard InChI is InChI=1S/C20H24ClN5O2/c1-3-6-15-12-19(28)24-20(22-15)26-17(11-13(2)25-26)23-18(27)10-9-14-7-4-5-8-16(14)21/h4-5,7-11,15,20,22H,3,6,12H2,1-2H3,(H,23,27)(H,24,28)/b10-9+. The predicted molar refractivity (Wildman–Crippen MR) is 110 cm³/mol. The average molecular weight is 402 g/mol. The largest absolute Gasteiger partial charge is 0.322 e. The molecule has 1 aliphatic heterocycles. The summed E-state index contributed by atoms with van der Waals surface area (Å²) in [6.07, 6.45) is 4.88. The van der Waals surface area contributed by atoms with Crippen LogP contribution in [0.4, 0.5) is 5.82 Å². The van der Waals surface area contributed by atoms with Crippen molar-refractivity contribution in [3.8, 4) is 0 Å². The fourth-order valence-corrected chi connectivity index (χ4v) is 3.37. The molecule has 3 rings (SSSR count). The van der Waals surface area contributed by atoms with E-state index in [1.807, 2.05) is 25.1 Å². The van der Waals surface area contributed by atoms with Crippen LogP contribution in [0.25, 0.3) is 6.08 Å². The Hall–Kier alpha value is -2.64. The quantitative estimate of drug-likeness (QED) is 0.648. The lowest BCUT2D eigenvalue weighted by molar-refractivity contribution is -0.125. The van der Waals surface area contributed by atoms with Gasteiger partial charge in [0, 0.05) is 29.6 Å². The summed E-state index contributed by atoms with van der Waals surface area (Å²) >= 11 is 6.11. The number of aryl methyl sites for hydroxylation is 1. The fourth-order valence-electron chi connectivity index (χ4n) is 3.18. The number of hydrogen-bond donors (Lipinski definition) is 3. The molecule has 2 aromatic rings. The van der Waals surface area contributed by atoms with E-state index in [0.29, 0.717) is 17.3 Å². The van der Waals surface area contributed by atoms with Crippen LogP contribution < -0.4 is 16.0 Å². The average Bonchev–Trinajstić information content (AvgIpc) is 3.01. The highest BCUT2D eigenvalue weighted by molar-refractivity contribution is 6.32. The molecule has 0 radical (unpaired) electrons. The van der Waals surface area contributed by atoms with Crippen LogP contribution in [0.2, 0.25) is 5.02 Å². The van der Waals surface area contributed by atoms with E-state index in [2.05, 4.69) is 28.0 Å². The number of benzene rings is 1. The number of carbonyl (C=O) groups excluding carboxylic acids is 2. The monoisotopic (exact) mass is 401 g/mol. The number of nitrogens with zero attached hydrogens (tertiary/aromatic N) is 2. The van der Waals surface area contributed by atoms with Gasteiger partial charge in [-0.25, -0.2) is 4.68 Å². The summed E-state index contributed by atoms with van der Waals surface area (Å²) in [5.74, 6) is 0.154. The maximum atomic E-state index is 12.4. The van der Waals surface area contributed by atoms with E-state index in [0.717, 1.165) is 24.1 Å². The van der Waals surface area contributed by atoms with Crippen molar-refractivity contribution in [2.24, 2.45) is 0 Å². The van der Waals surface area contributed by atoms with E-state index < -0.39 is 6.29 Å². The van der Waals surface area contributed by atoms with Gasteiger partial charge in [-0.1, -0.05) is 43.1 Å². The first-order chi connectivity index (χ1) is 13.5. The van der Waals surface area contributed by atoms with Gasteiger partial charge in [-0.3, -0.25) is 14.9 Å². The third kappa shape index (κ3) is 4.99. The lowest BCUT2D eigenvalue weighted by Gasteiger charge is -2.32. The zero-order valence-electron chi connectivity index (χ0n) is 15.9. The molecule has 2 unspecified atom stereocenters. The summed E-state index contributed by atoms with van der Waals surface area (Å²) in [5, 5.41) is 14.1. The second-order valence-electron chi connectivity index (χ2n) is 6.79. The number of hydrogen-bond acceptors (Lipinski definition) is 4. The molecule has 0 spiro atoms. The normalized spacial score (nSPS) is 19.6. The van der Waals surface area contributed by atoms with Crippen LogP contribution in [-0.2, 0) is 9.59 Å². The van der Waals surface area contributed by atoms with Crippen molar-refractivity contribution >= 4 is 35.3 Å². The number of rotatable bonds is 6. The molecule has 1 aromatic carbocycles. The molecule has 0 aliphatic carbocycles. The summed E-state index contributed by atoms with van der Waals surface area (Å²) in [5.41, 5.74) is 1.49. The maximum Gasteiger partial charge on any atom is 0.249 e. The van der Waals surface area contributed by atoms with Crippen LogP contribution >= 0.6 is 11.6 Å². The lowest BCUT2D eigenvalue weighted by atomic mass is 10.1.